The maximum absolute atomic E-state index is 12.2. The van der Waals surface area contributed by atoms with E-state index in [2.05, 4.69) is 4.98 Å². The fraction of sp³-hybridized carbons (Fsp3) is 0.250. The molecule has 0 aliphatic carbocycles. The molecule has 68 valence electrons. The van der Waals surface area contributed by atoms with Gasteiger partial charge in [0.15, 0.2) is 0 Å². The maximum atomic E-state index is 12.2. The van der Waals surface area contributed by atoms with Crippen molar-refractivity contribution in [3.8, 4) is 6.07 Å². The van der Waals surface area contributed by atoms with Gasteiger partial charge in [-0.25, -0.2) is 0 Å². The molecule has 13 heavy (non-hydrogen) atoms. The summed E-state index contributed by atoms with van der Waals surface area (Å²) in [6.45, 7) is 0. The number of hydrogen-bond acceptors (Lipinski definition) is 2. The molecule has 0 amide bonds. The van der Waals surface area contributed by atoms with Crippen LogP contribution in [0.5, 0.6) is 0 Å². The smallest absolute Gasteiger partial charge is 0.260 e. The van der Waals surface area contributed by atoms with E-state index in [4.69, 9.17) is 5.26 Å². The summed E-state index contributed by atoms with van der Waals surface area (Å²) in [7, 11) is 0. The average molecular weight is 186 g/mol. The van der Waals surface area contributed by atoms with E-state index in [0.717, 1.165) is 6.07 Å². The van der Waals surface area contributed by atoms with Crippen molar-refractivity contribution in [2.24, 2.45) is 0 Å². The van der Waals surface area contributed by atoms with Gasteiger partial charge in [0.25, 0.3) is 0 Å². The molecule has 0 fully saturated rings. The summed E-state index contributed by atoms with van der Waals surface area (Å²) in [4.78, 5) is 3.49. The lowest BCUT2D eigenvalue weighted by molar-refractivity contribution is -0.138. The quantitative estimate of drug-likeness (QED) is 0.673. The average Bonchev–Trinajstić information content (AvgIpc) is 2.04. The van der Waals surface area contributed by atoms with E-state index in [1.807, 2.05) is 0 Å². The number of aromatic nitrogens is 1. The van der Waals surface area contributed by atoms with Crippen molar-refractivity contribution in [1.82, 2.24) is 4.98 Å². The van der Waals surface area contributed by atoms with E-state index in [1.54, 1.807) is 6.07 Å². The van der Waals surface area contributed by atoms with Crippen LogP contribution in [0.15, 0.2) is 18.3 Å². The Morgan fingerprint density at radius 2 is 2.15 bits per heavy atom. The summed E-state index contributed by atoms with van der Waals surface area (Å²) < 4.78 is 36.7. The van der Waals surface area contributed by atoms with Crippen LogP contribution in [0.2, 0.25) is 0 Å². The number of alkyl halides is 3. The van der Waals surface area contributed by atoms with Crippen LogP contribution >= 0.6 is 0 Å². The largest absolute Gasteiger partial charge is 0.418 e. The summed E-state index contributed by atoms with van der Waals surface area (Å²) >= 11 is 0. The first kappa shape index (κ1) is 9.52. The molecule has 1 aromatic heterocycles. The second-order valence-electron chi connectivity index (χ2n) is 2.33. The summed E-state index contributed by atoms with van der Waals surface area (Å²) in [5.41, 5.74) is -1.06. The van der Waals surface area contributed by atoms with E-state index >= 15 is 0 Å². The summed E-state index contributed by atoms with van der Waals surface area (Å²) in [5, 5.41) is 8.25. The molecule has 0 radical (unpaired) electrons. The molecule has 0 N–H and O–H groups in total. The molecule has 0 aliphatic heterocycles. The number of pyridine rings is 1. The molecule has 1 aromatic rings. The molecule has 0 unspecified atom stereocenters. The second kappa shape index (κ2) is 3.44. The van der Waals surface area contributed by atoms with Crippen molar-refractivity contribution < 1.29 is 13.2 Å². The van der Waals surface area contributed by atoms with Crippen molar-refractivity contribution >= 4 is 0 Å². The van der Waals surface area contributed by atoms with Crippen molar-refractivity contribution in [3.05, 3.63) is 29.6 Å². The van der Waals surface area contributed by atoms with Crippen LogP contribution in [0.4, 0.5) is 13.2 Å². The van der Waals surface area contributed by atoms with Crippen LogP contribution in [-0.4, -0.2) is 4.98 Å². The van der Waals surface area contributed by atoms with Crippen LogP contribution in [0.25, 0.3) is 0 Å². The van der Waals surface area contributed by atoms with Gasteiger partial charge in [0.1, 0.15) is 0 Å². The first-order chi connectivity index (χ1) is 6.05. The summed E-state index contributed by atoms with van der Waals surface area (Å²) in [6, 6.07) is 3.75. The number of nitrogens with zero attached hydrogens (tertiary/aromatic N) is 2. The van der Waals surface area contributed by atoms with E-state index in [-0.39, 0.29) is 12.1 Å². The molecule has 2 nitrogen and oxygen atoms in total. The molecule has 0 bridgehead atoms. The molecule has 1 heterocycles. The van der Waals surface area contributed by atoms with Crippen molar-refractivity contribution in [3.63, 3.8) is 0 Å². The Bertz CT molecular complexity index is 338. The van der Waals surface area contributed by atoms with Gasteiger partial charge in [-0.3, -0.25) is 4.98 Å². The van der Waals surface area contributed by atoms with Crippen LogP contribution in [-0.2, 0) is 12.6 Å². The number of hydrogen-bond donors (Lipinski definition) is 0. The zero-order chi connectivity index (χ0) is 9.90. The van der Waals surface area contributed by atoms with E-state index < -0.39 is 11.7 Å². The highest BCUT2D eigenvalue weighted by atomic mass is 19.4. The third-order valence-electron chi connectivity index (χ3n) is 1.44. The molecule has 1 rings (SSSR count). The number of nitriles is 1. The number of rotatable bonds is 1. The molecule has 0 aromatic carbocycles. The number of halogens is 3. The third kappa shape index (κ3) is 2.18. The Balaban J connectivity index is 3.14. The lowest BCUT2D eigenvalue weighted by atomic mass is 10.1. The minimum Gasteiger partial charge on any atom is -0.260 e. The highest BCUT2D eigenvalue weighted by Gasteiger charge is 2.33. The molecule has 0 spiro atoms. The van der Waals surface area contributed by atoms with Gasteiger partial charge >= 0.3 is 6.18 Å². The lowest BCUT2D eigenvalue weighted by Crippen LogP contribution is -2.10. The molecule has 0 saturated carbocycles. The predicted octanol–water partition coefficient (Wildman–Crippen LogP) is 2.17. The Morgan fingerprint density at radius 1 is 1.46 bits per heavy atom. The van der Waals surface area contributed by atoms with E-state index in [9.17, 15) is 13.2 Å². The van der Waals surface area contributed by atoms with Gasteiger partial charge in [0, 0.05) is 6.20 Å². The standard InChI is InChI=1S/C8H5F3N2/c9-8(10,11)6-2-1-5-13-7(6)3-4-12/h1-2,5H,3H2. The maximum Gasteiger partial charge on any atom is 0.418 e. The van der Waals surface area contributed by atoms with Gasteiger partial charge < -0.3 is 0 Å². The minimum absolute atomic E-state index is 0.225. The first-order valence-electron chi connectivity index (χ1n) is 3.43. The van der Waals surface area contributed by atoms with Crippen LogP contribution < -0.4 is 0 Å². The van der Waals surface area contributed by atoms with E-state index in [1.165, 1.54) is 12.3 Å². The predicted molar refractivity (Wildman–Crippen MR) is 38.6 cm³/mol. The fourth-order valence-electron chi connectivity index (χ4n) is 0.912. The van der Waals surface area contributed by atoms with Crippen LogP contribution in [0.1, 0.15) is 11.3 Å². The topological polar surface area (TPSA) is 36.7 Å². The molecule has 0 saturated heterocycles. The first-order valence-corrected chi connectivity index (χ1v) is 3.43. The zero-order valence-electron chi connectivity index (χ0n) is 6.47. The van der Waals surface area contributed by atoms with Gasteiger partial charge in [-0.2, -0.15) is 18.4 Å². The minimum atomic E-state index is -4.43. The van der Waals surface area contributed by atoms with Gasteiger partial charge in [-0.05, 0) is 12.1 Å². The van der Waals surface area contributed by atoms with Gasteiger partial charge in [0.05, 0.1) is 23.7 Å². The molecule has 0 atom stereocenters. The lowest BCUT2D eigenvalue weighted by Gasteiger charge is -2.08. The molecule has 0 aliphatic rings. The Hall–Kier alpha value is -1.57. The Kier molecular flexibility index (Phi) is 2.52. The van der Waals surface area contributed by atoms with Crippen LogP contribution in [0.3, 0.4) is 0 Å². The molecular formula is C8H5F3N2. The van der Waals surface area contributed by atoms with Crippen molar-refractivity contribution in [1.29, 1.82) is 5.26 Å². The van der Waals surface area contributed by atoms with E-state index in [0.29, 0.717) is 0 Å². The summed E-state index contributed by atoms with van der Waals surface area (Å²) in [5.74, 6) is 0. The second-order valence-corrected chi connectivity index (χ2v) is 2.33. The summed E-state index contributed by atoms with van der Waals surface area (Å²) in [6.07, 6.45) is -3.52. The molecular weight excluding hydrogens is 181 g/mol. The fourth-order valence-corrected chi connectivity index (χ4v) is 0.912. The third-order valence-corrected chi connectivity index (χ3v) is 1.44. The van der Waals surface area contributed by atoms with Gasteiger partial charge in [-0.15, -0.1) is 0 Å². The van der Waals surface area contributed by atoms with Crippen molar-refractivity contribution in [2.75, 3.05) is 0 Å². The van der Waals surface area contributed by atoms with Gasteiger partial charge in [0.2, 0.25) is 0 Å². The Labute approximate surface area is 72.6 Å². The highest BCUT2D eigenvalue weighted by Crippen LogP contribution is 2.30. The molecule has 5 heteroatoms. The zero-order valence-corrected chi connectivity index (χ0v) is 6.47. The van der Waals surface area contributed by atoms with Crippen molar-refractivity contribution in [2.45, 2.75) is 12.6 Å². The Morgan fingerprint density at radius 3 is 2.69 bits per heavy atom. The normalized spacial score (nSPS) is 10.9. The van der Waals surface area contributed by atoms with Crippen LogP contribution in [0, 0.1) is 11.3 Å². The SMILES string of the molecule is N#CCc1ncccc1C(F)(F)F. The van der Waals surface area contributed by atoms with Gasteiger partial charge in [-0.1, -0.05) is 0 Å². The highest BCUT2D eigenvalue weighted by molar-refractivity contribution is 5.24. The monoisotopic (exact) mass is 186 g/mol.